The topological polar surface area (TPSA) is 330 Å². The van der Waals surface area contributed by atoms with Gasteiger partial charge >= 0.3 is 11.9 Å². The first-order chi connectivity index (χ1) is 11.4. The Morgan fingerprint density at radius 1 is 0.821 bits per heavy atom. The first-order valence-corrected chi connectivity index (χ1v) is 7.42. The molecule has 2 aromatic heterocycles. The van der Waals surface area contributed by atoms with Gasteiger partial charge in [0.15, 0.2) is 0 Å². The van der Waals surface area contributed by atoms with Crippen molar-refractivity contribution in [2.24, 2.45) is 0 Å². The highest BCUT2D eigenvalue weighted by Crippen LogP contribution is 2.02. The fraction of sp³-hybridized carbons (Fsp3) is 0. The Morgan fingerprint density at radius 2 is 1.07 bits per heavy atom. The van der Waals surface area contributed by atoms with Crippen molar-refractivity contribution in [1.82, 2.24) is 0 Å². The molecule has 2 rings (SSSR count). The van der Waals surface area contributed by atoms with E-state index in [2.05, 4.69) is 9.97 Å². The Labute approximate surface area is 157 Å². The van der Waals surface area contributed by atoms with Gasteiger partial charge in [0.2, 0.25) is 0 Å². The monoisotopic (exact) mass is 428 g/mol. The molecule has 2 heterocycles. The van der Waals surface area contributed by atoms with E-state index in [-0.39, 0.29) is 39.2 Å². The predicted octanol–water partition coefficient (Wildman–Crippen LogP) is -4.25. The summed E-state index contributed by atoms with van der Waals surface area (Å²) in [7, 11) is -5.17. The summed E-state index contributed by atoms with van der Waals surface area (Å²) in [5, 5.41) is 16.9. The number of pyridine rings is 2. The van der Waals surface area contributed by atoms with Crippen LogP contribution in [-0.4, -0.2) is 56.1 Å². The van der Waals surface area contributed by atoms with Crippen molar-refractivity contribution in [3.05, 3.63) is 47.8 Å². The van der Waals surface area contributed by atoms with Gasteiger partial charge < -0.3 is 35.7 Å². The highest BCUT2D eigenvalue weighted by molar-refractivity contribution is 7.79. The second-order valence-electron chi connectivity index (χ2n) is 4.01. The summed E-state index contributed by atoms with van der Waals surface area (Å²) < 4.78 is 34.1. The average Bonchev–Trinajstić information content (AvgIpc) is 2.46. The molecule has 0 aliphatic carbocycles. The minimum absolute atomic E-state index is 0. The van der Waals surface area contributed by atoms with Gasteiger partial charge in [-0.3, -0.25) is 19.9 Å². The van der Waals surface area contributed by atoms with Crippen LogP contribution in [0, 0.1) is 0 Å². The SMILES string of the molecule is Nc1[nH+]cccc1C(=O)O.Nc1[nH+]cccc1C(=O)O.O.O.O.O=S(=O)([O-])[O-]. The quantitative estimate of drug-likeness (QED) is 0.263. The molecular weight excluding hydrogens is 408 g/mol. The van der Waals surface area contributed by atoms with Crippen molar-refractivity contribution in [3.8, 4) is 0 Å². The lowest BCUT2D eigenvalue weighted by Gasteiger charge is -2.06. The fourth-order valence-electron chi connectivity index (χ4n) is 1.27. The van der Waals surface area contributed by atoms with E-state index in [4.69, 9.17) is 39.2 Å². The third-order valence-corrected chi connectivity index (χ3v) is 2.24. The Bertz CT molecular complexity index is 781. The summed E-state index contributed by atoms with van der Waals surface area (Å²) in [6.45, 7) is 0. The molecule has 0 radical (unpaired) electrons. The molecule has 0 saturated carbocycles. The Kier molecular flexibility index (Phi) is 17.0. The standard InChI is InChI=1S/2C6H6N2O2.H2O4S.3H2O/c2*7-5-4(6(9)10)2-1-3-8-5;1-5(2,3)4;;;/h2*1-3H,(H2,7,8)(H,9,10);(H2,1,2,3,4);3*1H2. The summed E-state index contributed by atoms with van der Waals surface area (Å²) in [5.74, 6) is -1.69. The van der Waals surface area contributed by atoms with Gasteiger partial charge in [0.1, 0.15) is 11.1 Å². The number of aromatic carboxylic acids is 2. The zero-order valence-electron chi connectivity index (χ0n) is 13.9. The smallest absolute Gasteiger partial charge is 0.344 e. The molecule has 15 nitrogen and oxygen atoms in total. The van der Waals surface area contributed by atoms with Gasteiger partial charge in [0.25, 0.3) is 11.6 Å². The number of rotatable bonds is 2. The van der Waals surface area contributed by atoms with Gasteiger partial charge in [-0.1, -0.05) is 0 Å². The lowest BCUT2D eigenvalue weighted by Crippen LogP contribution is -2.14. The molecule has 0 aromatic carbocycles. The van der Waals surface area contributed by atoms with E-state index in [1.165, 1.54) is 12.1 Å². The predicted molar refractivity (Wildman–Crippen MR) is 90.1 cm³/mol. The third kappa shape index (κ3) is 14.9. The van der Waals surface area contributed by atoms with Gasteiger partial charge in [0.05, 0.1) is 12.4 Å². The van der Waals surface area contributed by atoms with Crippen LogP contribution in [0.3, 0.4) is 0 Å². The second-order valence-corrected chi connectivity index (χ2v) is 4.83. The molecule has 0 aliphatic heterocycles. The summed E-state index contributed by atoms with van der Waals surface area (Å²) in [5.41, 5.74) is 10.8. The van der Waals surface area contributed by atoms with Crippen LogP contribution in [-0.2, 0) is 10.4 Å². The minimum atomic E-state index is -5.17. The number of carboxylic acids is 2. The largest absolute Gasteiger partial charge is 0.759 e. The zero-order chi connectivity index (χ0) is 19.6. The molecule has 0 amide bonds. The van der Waals surface area contributed by atoms with Crippen molar-refractivity contribution in [1.29, 1.82) is 0 Å². The number of nitrogen functional groups attached to an aromatic ring is 2. The number of nitrogens with one attached hydrogen (secondary N) is 2. The Morgan fingerprint density at radius 3 is 1.21 bits per heavy atom. The molecule has 2 aromatic rings. The maximum atomic E-state index is 10.3. The number of carbonyl (C=O) groups is 2. The van der Waals surface area contributed by atoms with Crippen molar-refractivity contribution >= 4 is 34.0 Å². The molecule has 0 unspecified atom stereocenters. The van der Waals surface area contributed by atoms with E-state index >= 15 is 0 Å². The summed E-state index contributed by atoms with van der Waals surface area (Å²) >= 11 is 0. The van der Waals surface area contributed by atoms with Crippen LogP contribution in [0.1, 0.15) is 20.7 Å². The summed E-state index contributed by atoms with van der Waals surface area (Å²) in [4.78, 5) is 25.8. The number of aromatic amines is 2. The number of carboxylic acid groups (broad SMARTS) is 2. The number of hydrogen-bond acceptors (Lipinski definition) is 8. The number of aromatic nitrogens is 2. The van der Waals surface area contributed by atoms with Crippen molar-refractivity contribution in [3.63, 3.8) is 0 Å². The first kappa shape index (κ1) is 32.3. The van der Waals surface area contributed by atoms with Gasteiger partial charge in [-0.05, 0) is 24.3 Å². The fourth-order valence-corrected chi connectivity index (χ4v) is 1.27. The first-order valence-electron chi connectivity index (χ1n) is 6.09. The van der Waals surface area contributed by atoms with Crippen LogP contribution in [0.15, 0.2) is 36.7 Å². The minimum Gasteiger partial charge on any atom is -0.759 e. The van der Waals surface area contributed by atoms with E-state index in [1.807, 2.05) is 0 Å². The van der Waals surface area contributed by atoms with Crippen LogP contribution in [0.4, 0.5) is 11.6 Å². The molecule has 14 N–H and O–H groups in total. The molecular formula is C12H20N4O11S. The van der Waals surface area contributed by atoms with Crippen LogP contribution < -0.4 is 21.4 Å². The number of H-pyrrole nitrogens is 2. The zero-order valence-corrected chi connectivity index (χ0v) is 14.7. The molecule has 28 heavy (non-hydrogen) atoms. The number of hydrogen-bond donors (Lipinski definition) is 4. The molecule has 0 spiro atoms. The van der Waals surface area contributed by atoms with Gasteiger partial charge in [-0.25, -0.2) is 19.6 Å². The van der Waals surface area contributed by atoms with Crippen molar-refractivity contribution < 1.29 is 63.7 Å². The van der Waals surface area contributed by atoms with E-state index in [1.54, 1.807) is 24.5 Å². The summed E-state index contributed by atoms with van der Waals surface area (Å²) in [6, 6.07) is 6.04. The molecule has 16 heteroatoms. The lowest BCUT2D eigenvalue weighted by molar-refractivity contribution is -0.361. The van der Waals surface area contributed by atoms with Gasteiger partial charge in [0, 0.05) is 10.4 Å². The molecule has 160 valence electrons. The Balaban J connectivity index is -0.000000154. The normalized spacial score (nSPS) is 8.64. The third-order valence-electron chi connectivity index (χ3n) is 2.24. The second kappa shape index (κ2) is 14.7. The van der Waals surface area contributed by atoms with Crippen molar-refractivity contribution in [2.75, 3.05) is 11.5 Å². The molecule has 0 atom stereocenters. The highest BCUT2D eigenvalue weighted by Gasteiger charge is 2.10. The Hall–Kier alpha value is -3.41. The van der Waals surface area contributed by atoms with Gasteiger partial charge in [-0.15, -0.1) is 0 Å². The molecule has 0 saturated heterocycles. The van der Waals surface area contributed by atoms with Crippen LogP contribution in [0.25, 0.3) is 0 Å². The maximum Gasteiger partial charge on any atom is 0.344 e. The van der Waals surface area contributed by atoms with Gasteiger partial charge in [-0.2, -0.15) is 0 Å². The number of anilines is 2. The average molecular weight is 428 g/mol. The number of nitrogens with two attached hydrogens (primary N) is 2. The van der Waals surface area contributed by atoms with E-state index < -0.39 is 22.3 Å². The highest BCUT2D eigenvalue weighted by atomic mass is 32.3. The van der Waals surface area contributed by atoms with Crippen LogP contribution >= 0.6 is 0 Å². The maximum absolute atomic E-state index is 10.3. The molecule has 0 aliphatic rings. The van der Waals surface area contributed by atoms with E-state index in [9.17, 15) is 9.59 Å². The molecule has 0 bridgehead atoms. The van der Waals surface area contributed by atoms with Crippen LogP contribution in [0.5, 0.6) is 0 Å². The van der Waals surface area contributed by atoms with Crippen LogP contribution in [0.2, 0.25) is 0 Å². The van der Waals surface area contributed by atoms with E-state index in [0.717, 1.165) is 0 Å². The molecule has 0 fully saturated rings. The lowest BCUT2D eigenvalue weighted by atomic mass is 10.3. The van der Waals surface area contributed by atoms with Crippen molar-refractivity contribution in [2.45, 2.75) is 0 Å². The van der Waals surface area contributed by atoms with E-state index in [0.29, 0.717) is 0 Å². The summed E-state index contributed by atoms with van der Waals surface area (Å²) in [6.07, 6.45) is 3.14.